The predicted molar refractivity (Wildman–Crippen MR) is 136 cm³/mol. The van der Waals surface area contributed by atoms with Crippen LogP contribution in [0.2, 0.25) is 0 Å². The van der Waals surface area contributed by atoms with Crippen molar-refractivity contribution in [2.24, 2.45) is 5.92 Å². The van der Waals surface area contributed by atoms with Gasteiger partial charge in [-0.2, -0.15) is 13.2 Å². The topological polar surface area (TPSA) is 79.8 Å². The van der Waals surface area contributed by atoms with Crippen molar-refractivity contribution >= 4 is 17.7 Å². The molecule has 0 aliphatic heterocycles. The van der Waals surface area contributed by atoms with Gasteiger partial charge in [0.1, 0.15) is 5.82 Å². The van der Waals surface area contributed by atoms with E-state index in [1.807, 2.05) is 24.3 Å². The number of benzene rings is 1. The lowest BCUT2D eigenvalue weighted by Crippen LogP contribution is -2.15. The molecule has 1 amide bonds. The number of hydrogen-bond donors (Lipinski definition) is 2. The van der Waals surface area contributed by atoms with Crippen LogP contribution in [-0.4, -0.2) is 20.9 Å². The number of anilines is 2. The predicted octanol–water partition coefficient (Wildman–Crippen LogP) is 6.34. The first-order valence-corrected chi connectivity index (χ1v) is 11.6. The number of carbonyl (C=O) groups excluding carboxylic acids is 1. The lowest BCUT2D eigenvalue weighted by molar-refractivity contribution is -0.137. The second-order valence-electron chi connectivity index (χ2n) is 8.46. The number of alkyl halides is 3. The second kappa shape index (κ2) is 11.5. The summed E-state index contributed by atoms with van der Waals surface area (Å²) in [6, 6.07) is 9.28. The SMILES string of the molecule is C=C=C/C(=C\C=C/C1CC1)Nc1ncc(-c2ccc(CC(=O)Nc3ccc(C(F)(F)F)cn3)cc2)cn1. The maximum absolute atomic E-state index is 12.6. The highest BCUT2D eigenvalue weighted by Crippen LogP contribution is 2.30. The molecule has 1 fully saturated rings. The van der Waals surface area contributed by atoms with Gasteiger partial charge in [-0.05, 0) is 48.1 Å². The fourth-order valence-electron chi connectivity index (χ4n) is 3.33. The van der Waals surface area contributed by atoms with Crippen molar-refractivity contribution in [3.05, 3.63) is 108 Å². The first-order chi connectivity index (χ1) is 17.8. The highest BCUT2D eigenvalue weighted by atomic mass is 19.4. The summed E-state index contributed by atoms with van der Waals surface area (Å²) in [7, 11) is 0. The van der Waals surface area contributed by atoms with Gasteiger partial charge in [0.25, 0.3) is 0 Å². The maximum Gasteiger partial charge on any atom is 0.417 e. The van der Waals surface area contributed by atoms with Crippen LogP contribution in [0.4, 0.5) is 24.9 Å². The Kier molecular flexibility index (Phi) is 7.95. The zero-order chi connectivity index (χ0) is 26.3. The van der Waals surface area contributed by atoms with E-state index in [1.165, 1.54) is 12.8 Å². The molecule has 2 N–H and O–H groups in total. The Morgan fingerprint density at radius 1 is 1.00 bits per heavy atom. The third-order valence-corrected chi connectivity index (χ3v) is 5.46. The van der Waals surface area contributed by atoms with Crippen LogP contribution < -0.4 is 10.6 Å². The quantitative estimate of drug-likeness (QED) is 0.263. The van der Waals surface area contributed by atoms with E-state index in [1.54, 1.807) is 30.6 Å². The number of halogens is 3. The van der Waals surface area contributed by atoms with Gasteiger partial charge in [0.2, 0.25) is 11.9 Å². The number of nitrogens with one attached hydrogen (secondary N) is 2. The van der Waals surface area contributed by atoms with Crippen LogP contribution in [0.15, 0.2) is 97.3 Å². The Hall–Kier alpha value is -4.49. The molecule has 0 atom stereocenters. The Labute approximate surface area is 212 Å². The van der Waals surface area contributed by atoms with Crippen LogP contribution in [0.5, 0.6) is 0 Å². The van der Waals surface area contributed by atoms with Crippen LogP contribution >= 0.6 is 0 Å². The van der Waals surface area contributed by atoms with Gasteiger partial charge in [-0.25, -0.2) is 15.0 Å². The lowest BCUT2D eigenvalue weighted by atomic mass is 10.1. The van der Waals surface area contributed by atoms with Crippen molar-refractivity contribution in [1.82, 2.24) is 15.0 Å². The Morgan fingerprint density at radius 3 is 2.32 bits per heavy atom. The number of allylic oxidation sites excluding steroid dienone is 4. The summed E-state index contributed by atoms with van der Waals surface area (Å²) < 4.78 is 37.9. The highest BCUT2D eigenvalue weighted by Gasteiger charge is 2.30. The molecule has 1 saturated carbocycles. The van der Waals surface area contributed by atoms with Crippen molar-refractivity contribution in [2.45, 2.75) is 25.4 Å². The number of aromatic nitrogens is 3. The van der Waals surface area contributed by atoms with Gasteiger partial charge < -0.3 is 10.6 Å². The van der Waals surface area contributed by atoms with Gasteiger partial charge >= 0.3 is 6.18 Å². The summed E-state index contributed by atoms with van der Waals surface area (Å²) >= 11 is 0. The number of nitrogens with zero attached hydrogens (tertiary/aromatic N) is 3. The van der Waals surface area contributed by atoms with E-state index in [9.17, 15) is 18.0 Å². The molecular weight excluding hydrogens is 479 g/mol. The van der Waals surface area contributed by atoms with Gasteiger partial charge in [0.05, 0.1) is 12.0 Å². The van der Waals surface area contributed by atoms with E-state index >= 15 is 0 Å². The Bertz CT molecular complexity index is 1330. The van der Waals surface area contributed by atoms with E-state index in [-0.39, 0.29) is 18.1 Å². The summed E-state index contributed by atoms with van der Waals surface area (Å²) in [6.07, 6.45) is 9.95. The van der Waals surface area contributed by atoms with Gasteiger partial charge in [-0.3, -0.25) is 4.79 Å². The molecule has 0 radical (unpaired) electrons. The summed E-state index contributed by atoms with van der Waals surface area (Å²) in [6.45, 7) is 3.62. The summed E-state index contributed by atoms with van der Waals surface area (Å²) in [5.74, 6) is 0.785. The van der Waals surface area contributed by atoms with E-state index < -0.39 is 11.7 Å². The minimum absolute atomic E-state index is 0.0451. The molecule has 1 aliphatic rings. The van der Waals surface area contributed by atoms with Crippen molar-refractivity contribution in [2.75, 3.05) is 10.6 Å². The molecule has 37 heavy (non-hydrogen) atoms. The maximum atomic E-state index is 12.6. The molecule has 1 aliphatic carbocycles. The molecule has 0 saturated heterocycles. The molecule has 0 spiro atoms. The number of carbonyl (C=O) groups is 1. The zero-order valence-electron chi connectivity index (χ0n) is 19.8. The minimum atomic E-state index is -4.48. The average Bonchev–Trinajstić information content (AvgIpc) is 3.69. The summed E-state index contributed by atoms with van der Waals surface area (Å²) in [5.41, 5.74) is 5.05. The number of pyridine rings is 1. The molecule has 9 heteroatoms. The van der Waals surface area contributed by atoms with Crippen molar-refractivity contribution in [3.8, 4) is 11.1 Å². The van der Waals surface area contributed by atoms with E-state index in [2.05, 4.69) is 44.0 Å². The average molecular weight is 504 g/mol. The van der Waals surface area contributed by atoms with Crippen LogP contribution in [0.3, 0.4) is 0 Å². The monoisotopic (exact) mass is 503 g/mol. The summed E-state index contributed by atoms with van der Waals surface area (Å²) in [5, 5.41) is 5.64. The first kappa shape index (κ1) is 25.6. The van der Waals surface area contributed by atoms with Gasteiger partial charge in [-0.15, -0.1) is 5.73 Å². The zero-order valence-corrected chi connectivity index (χ0v) is 19.8. The number of rotatable bonds is 9. The molecule has 1 aromatic carbocycles. The van der Waals surface area contributed by atoms with Crippen LogP contribution in [0, 0.1) is 5.92 Å². The molecule has 2 aromatic heterocycles. The molecule has 3 aromatic rings. The number of amides is 1. The first-order valence-electron chi connectivity index (χ1n) is 11.6. The largest absolute Gasteiger partial charge is 0.417 e. The van der Waals surface area contributed by atoms with Crippen molar-refractivity contribution < 1.29 is 18.0 Å². The third kappa shape index (κ3) is 7.75. The van der Waals surface area contributed by atoms with Crippen molar-refractivity contribution in [3.63, 3.8) is 0 Å². The highest BCUT2D eigenvalue weighted by molar-refractivity contribution is 5.91. The smallest absolute Gasteiger partial charge is 0.324 e. The second-order valence-corrected chi connectivity index (χ2v) is 8.46. The number of hydrogen-bond acceptors (Lipinski definition) is 5. The molecule has 4 rings (SSSR count). The van der Waals surface area contributed by atoms with Crippen LogP contribution in [-0.2, 0) is 17.4 Å². The lowest BCUT2D eigenvalue weighted by Gasteiger charge is -2.09. The molecule has 188 valence electrons. The van der Waals surface area contributed by atoms with Gasteiger partial charge in [-0.1, -0.05) is 43.0 Å². The van der Waals surface area contributed by atoms with Crippen LogP contribution in [0.25, 0.3) is 11.1 Å². The third-order valence-electron chi connectivity index (χ3n) is 5.46. The fraction of sp³-hybridized carbons (Fsp3) is 0.179. The molecule has 0 bridgehead atoms. The fourth-order valence-corrected chi connectivity index (χ4v) is 3.33. The molecular formula is C28H24F3N5O. The normalized spacial score (nSPS) is 13.8. The Morgan fingerprint density at radius 2 is 1.73 bits per heavy atom. The van der Waals surface area contributed by atoms with Gasteiger partial charge in [0.15, 0.2) is 0 Å². The minimum Gasteiger partial charge on any atom is -0.324 e. The molecule has 0 unspecified atom stereocenters. The Balaban J connectivity index is 1.33. The molecule has 2 heterocycles. The van der Waals surface area contributed by atoms with E-state index in [0.29, 0.717) is 18.1 Å². The van der Waals surface area contributed by atoms with E-state index in [4.69, 9.17) is 0 Å². The van der Waals surface area contributed by atoms with Crippen molar-refractivity contribution in [1.29, 1.82) is 0 Å². The van der Waals surface area contributed by atoms with E-state index in [0.717, 1.165) is 34.5 Å². The standard InChI is InChI=1S/C28H24F3N5O/c1-2-4-24(6-3-5-19-7-8-19)35-27-33-16-22(17-34-27)21-11-9-20(10-12-21)15-26(37)36-25-14-13-23(18-32-25)28(29,30)31/h3-6,9-14,16-19H,1,7-8,15H2,(H,32,36,37)(H,33,34,35)/b5-3-,24-6+. The molecule has 6 nitrogen and oxygen atoms in total. The summed E-state index contributed by atoms with van der Waals surface area (Å²) in [4.78, 5) is 24.7. The van der Waals surface area contributed by atoms with Crippen LogP contribution in [0.1, 0.15) is 24.0 Å². The van der Waals surface area contributed by atoms with Gasteiger partial charge in [0, 0.05) is 35.9 Å².